The maximum absolute atomic E-state index is 12.2. The lowest BCUT2D eigenvalue weighted by atomic mass is 10.0. The molecule has 0 radical (unpaired) electrons. The molecule has 0 aliphatic carbocycles. The molecule has 2 aliphatic rings. The van der Waals surface area contributed by atoms with Gasteiger partial charge in [-0.05, 0) is 42.7 Å². The Kier molecular flexibility index (Phi) is 6.46. The molecule has 1 atom stereocenters. The molecule has 180 valence electrons. The van der Waals surface area contributed by atoms with Crippen molar-refractivity contribution >= 4 is 29.2 Å². The summed E-state index contributed by atoms with van der Waals surface area (Å²) in [6.45, 7) is 5.70. The van der Waals surface area contributed by atoms with Crippen LogP contribution in [0.15, 0.2) is 66.2 Å². The fourth-order valence-corrected chi connectivity index (χ4v) is 4.81. The molecule has 2 aromatic carbocycles. The number of aliphatic imine (C=N–C) groups is 1. The predicted octanol–water partition coefficient (Wildman–Crippen LogP) is 4.22. The Labute approximate surface area is 209 Å². The Morgan fingerprint density at radius 2 is 2.11 bits per heavy atom. The highest BCUT2D eigenvalue weighted by atomic mass is 35.5. The van der Waals surface area contributed by atoms with E-state index in [2.05, 4.69) is 16.9 Å². The second-order valence-electron chi connectivity index (χ2n) is 8.60. The Balaban J connectivity index is 1.46. The number of amides is 1. The molecule has 3 heterocycles. The van der Waals surface area contributed by atoms with E-state index in [1.807, 2.05) is 58.1 Å². The third kappa shape index (κ3) is 4.61. The smallest absolute Gasteiger partial charge is 0.246 e. The van der Waals surface area contributed by atoms with E-state index in [1.165, 1.54) is 6.08 Å². The van der Waals surface area contributed by atoms with Gasteiger partial charge in [-0.15, -0.1) is 0 Å². The fraction of sp³-hybridized carbons (Fsp3) is 0.269. The molecule has 1 amide bonds. The van der Waals surface area contributed by atoms with Crippen molar-refractivity contribution in [1.29, 1.82) is 0 Å². The van der Waals surface area contributed by atoms with Crippen molar-refractivity contribution in [2.45, 2.75) is 25.5 Å². The molecule has 8 nitrogen and oxygen atoms in total. The van der Waals surface area contributed by atoms with Gasteiger partial charge in [-0.25, -0.2) is 9.67 Å². The summed E-state index contributed by atoms with van der Waals surface area (Å²) in [4.78, 5) is 18.4. The number of rotatable bonds is 6. The number of aromatic nitrogens is 2. The monoisotopic (exact) mass is 490 g/mol. The molecule has 3 N–H and O–H groups in total. The van der Waals surface area contributed by atoms with Crippen LogP contribution in [0.5, 0.6) is 5.75 Å². The zero-order valence-corrected chi connectivity index (χ0v) is 20.0. The van der Waals surface area contributed by atoms with Crippen LogP contribution in [-0.2, 0) is 11.4 Å². The van der Waals surface area contributed by atoms with Gasteiger partial charge in [0, 0.05) is 18.7 Å². The minimum Gasteiger partial charge on any atom is -0.487 e. The highest BCUT2D eigenvalue weighted by Gasteiger charge is 2.31. The zero-order chi connectivity index (χ0) is 24.4. The summed E-state index contributed by atoms with van der Waals surface area (Å²) in [6.07, 6.45) is 3.15. The van der Waals surface area contributed by atoms with Gasteiger partial charge in [0.1, 0.15) is 36.4 Å². The number of nitrogens with two attached hydrogens (primary N) is 1. The third-order valence-electron chi connectivity index (χ3n) is 6.33. The molecule has 3 aromatic rings. The van der Waals surface area contributed by atoms with Crippen molar-refractivity contribution in [2.75, 3.05) is 25.1 Å². The number of fused-ring (bicyclic) bond motifs is 1. The number of hydrogen-bond donors (Lipinski definition) is 2. The van der Waals surface area contributed by atoms with E-state index >= 15 is 0 Å². The van der Waals surface area contributed by atoms with Crippen molar-refractivity contribution in [3.05, 3.63) is 77.3 Å². The Hall–Kier alpha value is -3.78. The van der Waals surface area contributed by atoms with Crippen LogP contribution in [0, 0.1) is 0 Å². The third-order valence-corrected chi connectivity index (χ3v) is 6.63. The first-order valence-corrected chi connectivity index (χ1v) is 12.0. The zero-order valence-electron chi connectivity index (χ0n) is 19.3. The fourth-order valence-electron chi connectivity index (χ4n) is 4.58. The number of nitrogens with one attached hydrogen (secondary N) is 1. The highest BCUT2D eigenvalue weighted by molar-refractivity contribution is 6.32. The lowest BCUT2D eigenvalue weighted by molar-refractivity contribution is -0.127. The summed E-state index contributed by atoms with van der Waals surface area (Å²) in [5.41, 5.74) is 9.64. The number of carbonyl (C=O) groups is 1. The number of amidine groups is 1. The first kappa shape index (κ1) is 23.0. The summed E-state index contributed by atoms with van der Waals surface area (Å²) in [6, 6.07) is 15.6. The predicted molar refractivity (Wildman–Crippen MR) is 138 cm³/mol. The van der Waals surface area contributed by atoms with E-state index in [9.17, 15) is 4.79 Å². The van der Waals surface area contributed by atoms with E-state index in [0.29, 0.717) is 42.1 Å². The minimum absolute atomic E-state index is 0.0116. The molecule has 0 saturated carbocycles. The quantitative estimate of drug-likeness (QED) is 0.504. The van der Waals surface area contributed by atoms with Gasteiger partial charge in [-0.1, -0.05) is 48.5 Å². The second-order valence-corrected chi connectivity index (χ2v) is 9.01. The van der Waals surface area contributed by atoms with Gasteiger partial charge in [-0.2, -0.15) is 5.10 Å². The highest BCUT2D eigenvalue weighted by Crippen LogP contribution is 2.37. The van der Waals surface area contributed by atoms with Crippen LogP contribution in [-0.4, -0.2) is 46.2 Å². The van der Waals surface area contributed by atoms with Crippen LogP contribution < -0.4 is 15.8 Å². The van der Waals surface area contributed by atoms with Crippen LogP contribution in [0.25, 0.3) is 11.3 Å². The summed E-state index contributed by atoms with van der Waals surface area (Å²) < 4.78 is 7.88. The molecule has 5 rings (SSSR count). The molecule has 1 saturated heterocycles. The van der Waals surface area contributed by atoms with E-state index < -0.39 is 0 Å². The van der Waals surface area contributed by atoms with Gasteiger partial charge in [0.2, 0.25) is 5.91 Å². The van der Waals surface area contributed by atoms with E-state index in [0.717, 1.165) is 41.9 Å². The number of nitrogens with zero attached hydrogens (tertiary/aromatic N) is 4. The molecule has 35 heavy (non-hydrogen) atoms. The van der Waals surface area contributed by atoms with Gasteiger partial charge >= 0.3 is 0 Å². The molecular weight excluding hydrogens is 464 g/mol. The number of ether oxygens (including phenoxy) is 1. The number of carbonyl (C=O) groups excluding carboxylic acids is 1. The van der Waals surface area contributed by atoms with Crippen LogP contribution in [0.1, 0.15) is 30.0 Å². The first-order chi connectivity index (χ1) is 17.0. The van der Waals surface area contributed by atoms with Crippen molar-refractivity contribution in [1.82, 2.24) is 14.7 Å². The van der Waals surface area contributed by atoms with Gasteiger partial charge in [0.25, 0.3) is 0 Å². The number of hydrogen-bond acceptors (Lipinski definition) is 6. The van der Waals surface area contributed by atoms with Gasteiger partial charge in [0.15, 0.2) is 0 Å². The maximum atomic E-state index is 12.2. The standard InChI is InChI=1S/C26H27ClN6O2/c1-2-22(34)32-12-6-9-19(14-32)33-26-23(25(28)29-16-30-26)24(31-33)18-10-11-21(20(27)13-18)35-15-17-7-4-3-5-8-17/h2-5,7-8,10-11,13,19,30H,1,6,9,12,14-16H2,(H2,28,29)/t19-/m1/s1. The normalized spacial score (nSPS) is 17.2. The molecular formula is C26H27ClN6O2. The lowest BCUT2D eigenvalue weighted by Gasteiger charge is -2.33. The van der Waals surface area contributed by atoms with E-state index in [4.69, 9.17) is 27.2 Å². The van der Waals surface area contributed by atoms with Gasteiger partial charge < -0.3 is 20.7 Å². The second kappa shape index (κ2) is 9.84. The largest absolute Gasteiger partial charge is 0.487 e. The molecule has 9 heteroatoms. The maximum Gasteiger partial charge on any atom is 0.246 e. The van der Waals surface area contributed by atoms with E-state index in [1.54, 1.807) is 0 Å². The molecule has 1 fully saturated rings. The van der Waals surface area contributed by atoms with Crippen molar-refractivity contribution < 1.29 is 9.53 Å². The summed E-state index contributed by atoms with van der Waals surface area (Å²) in [5, 5.41) is 8.76. The SMILES string of the molecule is C=CC(=O)N1CCC[C@@H](n2nc(-c3ccc(OCc4ccccc4)c(Cl)c3)c3c2NCN=C3N)C1. The van der Waals surface area contributed by atoms with Crippen LogP contribution >= 0.6 is 11.6 Å². The topological polar surface area (TPSA) is 97.8 Å². The van der Waals surface area contributed by atoms with Gasteiger partial charge in [0.05, 0.1) is 16.6 Å². The number of likely N-dealkylation sites (tertiary alicyclic amines) is 1. The molecule has 1 aromatic heterocycles. The first-order valence-electron chi connectivity index (χ1n) is 11.6. The van der Waals surface area contributed by atoms with Crippen molar-refractivity contribution in [3.8, 4) is 17.0 Å². The summed E-state index contributed by atoms with van der Waals surface area (Å²) in [5.74, 6) is 1.77. The summed E-state index contributed by atoms with van der Waals surface area (Å²) >= 11 is 6.60. The van der Waals surface area contributed by atoms with Gasteiger partial charge in [-0.3, -0.25) is 4.79 Å². The van der Waals surface area contributed by atoms with Crippen LogP contribution in [0.2, 0.25) is 5.02 Å². The Morgan fingerprint density at radius 3 is 2.89 bits per heavy atom. The number of anilines is 1. The number of piperidine rings is 1. The Morgan fingerprint density at radius 1 is 1.29 bits per heavy atom. The number of halogens is 1. The molecule has 0 spiro atoms. The molecule has 0 bridgehead atoms. The van der Waals surface area contributed by atoms with Crippen molar-refractivity contribution in [2.24, 2.45) is 10.7 Å². The lowest BCUT2D eigenvalue weighted by Crippen LogP contribution is -2.40. The summed E-state index contributed by atoms with van der Waals surface area (Å²) in [7, 11) is 0. The van der Waals surface area contributed by atoms with Crippen LogP contribution in [0.4, 0.5) is 5.82 Å². The number of benzene rings is 2. The molecule has 2 aliphatic heterocycles. The average molecular weight is 491 g/mol. The average Bonchev–Trinajstić information content (AvgIpc) is 3.29. The van der Waals surface area contributed by atoms with Crippen LogP contribution in [0.3, 0.4) is 0 Å². The van der Waals surface area contributed by atoms with Crippen molar-refractivity contribution in [3.63, 3.8) is 0 Å². The Bertz CT molecular complexity index is 1290. The van der Waals surface area contributed by atoms with E-state index in [-0.39, 0.29) is 11.9 Å². The molecule has 0 unspecified atom stereocenters. The minimum atomic E-state index is -0.0668.